The third-order valence-corrected chi connectivity index (χ3v) is 3.64. The third kappa shape index (κ3) is 2.34. The second kappa shape index (κ2) is 5.24. The Morgan fingerprint density at radius 3 is 2.48 bits per heavy atom. The number of allylic oxidation sites excluding steroid dienone is 1. The fourth-order valence-electron chi connectivity index (χ4n) is 2.44. The van der Waals surface area contributed by atoms with E-state index >= 15 is 0 Å². The van der Waals surface area contributed by atoms with Gasteiger partial charge < -0.3 is 24.8 Å². The Bertz CT molecular complexity index is 851. The molecule has 0 radical (unpaired) electrons. The van der Waals surface area contributed by atoms with Gasteiger partial charge in [0.1, 0.15) is 22.8 Å². The van der Waals surface area contributed by atoms with Gasteiger partial charge in [0.15, 0.2) is 17.3 Å². The number of phenolic OH excluding ortho intramolecular Hbond substituents is 3. The maximum absolute atomic E-state index is 12.5. The fourth-order valence-corrected chi connectivity index (χ4v) is 2.44. The van der Waals surface area contributed by atoms with Gasteiger partial charge in [-0.25, -0.2) is 0 Å². The van der Waals surface area contributed by atoms with Crippen molar-refractivity contribution in [2.45, 2.75) is 6.92 Å². The Balaban J connectivity index is 2.07. The van der Waals surface area contributed by atoms with Crippen LogP contribution in [-0.2, 0) is 0 Å². The molecule has 0 saturated heterocycles. The van der Waals surface area contributed by atoms with Crippen molar-refractivity contribution in [2.24, 2.45) is 0 Å². The van der Waals surface area contributed by atoms with Gasteiger partial charge in [-0.05, 0) is 30.7 Å². The molecule has 23 heavy (non-hydrogen) atoms. The summed E-state index contributed by atoms with van der Waals surface area (Å²) in [6.45, 7) is 1.64. The second-order valence-corrected chi connectivity index (χ2v) is 5.12. The predicted molar refractivity (Wildman–Crippen MR) is 82.1 cm³/mol. The van der Waals surface area contributed by atoms with Crippen molar-refractivity contribution in [3.8, 4) is 28.7 Å². The average Bonchev–Trinajstić information content (AvgIpc) is 2.81. The highest BCUT2D eigenvalue weighted by Gasteiger charge is 2.33. The quantitative estimate of drug-likeness (QED) is 0.582. The number of Topliss-reactive ketones (excluding diaryl/α,β-unsaturated/α-hetero) is 1. The van der Waals surface area contributed by atoms with Crippen LogP contribution in [0.2, 0.25) is 0 Å². The number of fused-ring (bicyclic) bond motifs is 1. The van der Waals surface area contributed by atoms with E-state index in [1.165, 1.54) is 37.5 Å². The summed E-state index contributed by atoms with van der Waals surface area (Å²) in [5, 5.41) is 28.7. The molecule has 6 nitrogen and oxygen atoms in total. The molecule has 0 aromatic heterocycles. The molecule has 0 atom stereocenters. The van der Waals surface area contributed by atoms with Crippen LogP contribution in [0.25, 0.3) is 6.08 Å². The van der Waals surface area contributed by atoms with Crippen LogP contribution < -0.4 is 9.47 Å². The minimum Gasteiger partial charge on any atom is -0.507 e. The van der Waals surface area contributed by atoms with Crippen molar-refractivity contribution in [2.75, 3.05) is 7.11 Å². The number of hydrogen-bond acceptors (Lipinski definition) is 6. The second-order valence-electron chi connectivity index (χ2n) is 5.12. The zero-order valence-corrected chi connectivity index (χ0v) is 12.5. The van der Waals surface area contributed by atoms with Gasteiger partial charge in [-0.1, -0.05) is 6.07 Å². The number of ketones is 1. The summed E-state index contributed by atoms with van der Waals surface area (Å²) in [5.74, 6) is -0.450. The molecule has 2 aromatic rings. The van der Waals surface area contributed by atoms with E-state index in [-0.39, 0.29) is 45.9 Å². The summed E-state index contributed by atoms with van der Waals surface area (Å²) >= 11 is 0. The van der Waals surface area contributed by atoms with Gasteiger partial charge in [0.25, 0.3) is 0 Å². The van der Waals surface area contributed by atoms with E-state index < -0.39 is 0 Å². The van der Waals surface area contributed by atoms with Crippen molar-refractivity contribution >= 4 is 11.9 Å². The Hall–Kier alpha value is -3.15. The topological polar surface area (TPSA) is 96.2 Å². The first kappa shape index (κ1) is 14.8. The number of benzene rings is 2. The van der Waals surface area contributed by atoms with E-state index in [9.17, 15) is 20.1 Å². The summed E-state index contributed by atoms with van der Waals surface area (Å²) in [4.78, 5) is 12.5. The van der Waals surface area contributed by atoms with E-state index in [1.54, 1.807) is 6.92 Å². The molecule has 1 aliphatic rings. The summed E-state index contributed by atoms with van der Waals surface area (Å²) in [6.07, 6.45) is 1.44. The van der Waals surface area contributed by atoms with E-state index in [2.05, 4.69) is 0 Å². The largest absolute Gasteiger partial charge is 0.507 e. The highest BCUT2D eigenvalue weighted by Crippen LogP contribution is 2.44. The normalized spacial score (nSPS) is 14.7. The lowest BCUT2D eigenvalue weighted by Crippen LogP contribution is -2.01. The SMILES string of the molecule is COc1c(C)c(O)cc2c1C(=O)/C(=C\c1ccc(O)c(O)c1)O2. The highest BCUT2D eigenvalue weighted by atomic mass is 16.5. The standard InChI is InChI=1S/C17H14O6/c1-8-11(19)7-13-15(17(8)22-2)16(21)14(23-13)6-9-3-4-10(18)12(20)5-9/h3-7,18-20H,1-2H3/b14-6+. The van der Waals surface area contributed by atoms with E-state index in [0.29, 0.717) is 11.1 Å². The molecule has 0 unspecified atom stereocenters. The first-order valence-electron chi connectivity index (χ1n) is 6.79. The van der Waals surface area contributed by atoms with E-state index in [4.69, 9.17) is 9.47 Å². The Morgan fingerprint density at radius 2 is 1.83 bits per heavy atom. The monoisotopic (exact) mass is 314 g/mol. The molecule has 1 aliphatic heterocycles. The summed E-state index contributed by atoms with van der Waals surface area (Å²) in [6, 6.07) is 5.51. The van der Waals surface area contributed by atoms with Gasteiger partial charge in [0.05, 0.1) is 7.11 Å². The molecule has 0 aliphatic carbocycles. The number of carbonyl (C=O) groups is 1. The van der Waals surface area contributed by atoms with Crippen molar-refractivity contribution in [3.05, 3.63) is 46.7 Å². The summed E-state index contributed by atoms with van der Waals surface area (Å²) in [7, 11) is 1.41. The maximum Gasteiger partial charge on any atom is 0.235 e. The summed E-state index contributed by atoms with van der Waals surface area (Å²) in [5.41, 5.74) is 1.18. The highest BCUT2D eigenvalue weighted by molar-refractivity contribution is 6.16. The molecule has 3 rings (SSSR count). The van der Waals surface area contributed by atoms with Crippen LogP contribution in [-0.4, -0.2) is 28.2 Å². The first-order valence-corrected chi connectivity index (χ1v) is 6.79. The Morgan fingerprint density at radius 1 is 1.09 bits per heavy atom. The van der Waals surface area contributed by atoms with Crippen molar-refractivity contribution in [1.29, 1.82) is 0 Å². The van der Waals surface area contributed by atoms with Crippen LogP contribution >= 0.6 is 0 Å². The number of phenols is 3. The lowest BCUT2D eigenvalue weighted by atomic mass is 10.0. The minimum atomic E-state index is -0.382. The van der Waals surface area contributed by atoms with Crippen LogP contribution in [0.1, 0.15) is 21.5 Å². The molecule has 3 N–H and O–H groups in total. The van der Waals surface area contributed by atoms with Gasteiger partial charge in [-0.3, -0.25) is 4.79 Å². The summed E-state index contributed by atoms with van der Waals surface area (Å²) < 4.78 is 10.7. The van der Waals surface area contributed by atoms with Crippen LogP contribution in [0.4, 0.5) is 0 Å². The molecule has 0 bridgehead atoms. The minimum absolute atomic E-state index is 0.0306. The van der Waals surface area contributed by atoms with E-state index in [0.717, 1.165) is 0 Å². The van der Waals surface area contributed by atoms with Crippen molar-refractivity contribution < 1.29 is 29.6 Å². The molecule has 2 aromatic carbocycles. The molecule has 6 heteroatoms. The van der Waals surface area contributed by atoms with Crippen molar-refractivity contribution in [1.82, 2.24) is 0 Å². The number of ether oxygens (including phenoxy) is 2. The molecule has 0 saturated carbocycles. The van der Waals surface area contributed by atoms with Crippen molar-refractivity contribution in [3.63, 3.8) is 0 Å². The smallest absolute Gasteiger partial charge is 0.235 e. The van der Waals surface area contributed by atoms with Crippen LogP contribution in [0.5, 0.6) is 28.7 Å². The first-order chi connectivity index (χ1) is 10.9. The number of rotatable bonds is 2. The average molecular weight is 314 g/mol. The van der Waals surface area contributed by atoms with Gasteiger partial charge in [-0.2, -0.15) is 0 Å². The molecule has 0 amide bonds. The predicted octanol–water partition coefficient (Wildman–Crippen LogP) is 2.74. The van der Waals surface area contributed by atoms with Gasteiger partial charge in [0.2, 0.25) is 5.78 Å². The van der Waals surface area contributed by atoms with E-state index in [1.807, 2.05) is 0 Å². The molecule has 0 spiro atoms. The van der Waals surface area contributed by atoms with Crippen LogP contribution in [0.3, 0.4) is 0 Å². The third-order valence-electron chi connectivity index (χ3n) is 3.64. The Kier molecular flexibility index (Phi) is 3.37. The molecular formula is C17H14O6. The number of hydrogen-bond donors (Lipinski definition) is 3. The molecular weight excluding hydrogens is 300 g/mol. The maximum atomic E-state index is 12.5. The molecule has 0 fully saturated rings. The van der Waals surface area contributed by atoms with Gasteiger partial charge in [0, 0.05) is 11.6 Å². The van der Waals surface area contributed by atoms with Gasteiger partial charge in [-0.15, -0.1) is 0 Å². The fraction of sp³-hybridized carbons (Fsp3) is 0.118. The Labute approximate surface area is 131 Å². The number of aromatic hydroxyl groups is 3. The zero-order valence-electron chi connectivity index (χ0n) is 12.5. The lowest BCUT2D eigenvalue weighted by Gasteiger charge is -2.09. The van der Waals surface area contributed by atoms with Crippen LogP contribution in [0.15, 0.2) is 30.0 Å². The van der Waals surface area contributed by atoms with Gasteiger partial charge >= 0.3 is 0 Å². The molecule has 1 heterocycles. The lowest BCUT2D eigenvalue weighted by molar-refractivity contribution is 0.101. The number of methoxy groups -OCH3 is 1. The zero-order chi connectivity index (χ0) is 16.7. The van der Waals surface area contributed by atoms with Crippen LogP contribution in [0, 0.1) is 6.92 Å². The molecule has 118 valence electrons. The number of carbonyl (C=O) groups excluding carboxylic acids is 1.